The highest BCUT2D eigenvalue weighted by atomic mass is 16.2. The molecule has 0 bridgehead atoms. The van der Waals surface area contributed by atoms with Crippen molar-refractivity contribution < 1.29 is 4.79 Å². The molecule has 0 radical (unpaired) electrons. The van der Waals surface area contributed by atoms with Gasteiger partial charge in [-0.1, -0.05) is 6.42 Å². The summed E-state index contributed by atoms with van der Waals surface area (Å²) < 4.78 is 0. The molecule has 0 aromatic carbocycles. The molecule has 7 heteroatoms. The van der Waals surface area contributed by atoms with Gasteiger partial charge in [0.25, 0.3) is 5.56 Å². The first-order chi connectivity index (χ1) is 11.0. The first-order valence-electron chi connectivity index (χ1n) is 8.38. The molecule has 0 spiro atoms. The quantitative estimate of drug-likeness (QED) is 0.820. The summed E-state index contributed by atoms with van der Waals surface area (Å²) in [6, 6.07) is 0.500. The minimum atomic E-state index is -0.504. The van der Waals surface area contributed by atoms with E-state index in [0.29, 0.717) is 30.1 Å². The number of fused-ring (bicyclic) bond motifs is 1. The number of hydrogen-bond donors (Lipinski definition) is 2. The lowest BCUT2D eigenvalue weighted by atomic mass is 9.99. The van der Waals surface area contributed by atoms with Crippen LogP contribution >= 0.6 is 0 Å². The van der Waals surface area contributed by atoms with Crippen LogP contribution in [0.2, 0.25) is 0 Å². The van der Waals surface area contributed by atoms with Gasteiger partial charge in [-0.05, 0) is 32.7 Å². The second kappa shape index (κ2) is 6.70. The van der Waals surface area contributed by atoms with Gasteiger partial charge in [0, 0.05) is 43.4 Å². The number of rotatable bonds is 3. The third-order valence-corrected chi connectivity index (χ3v) is 5.03. The number of aromatic nitrogens is 2. The summed E-state index contributed by atoms with van der Waals surface area (Å²) in [6.45, 7) is 5.38. The molecule has 23 heavy (non-hydrogen) atoms. The van der Waals surface area contributed by atoms with Crippen molar-refractivity contribution in [2.45, 2.75) is 45.1 Å². The molecule has 1 aromatic heterocycles. The van der Waals surface area contributed by atoms with E-state index >= 15 is 0 Å². The number of H-pyrrole nitrogens is 2. The number of piperidine rings is 1. The van der Waals surface area contributed by atoms with Crippen molar-refractivity contribution in [1.29, 1.82) is 0 Å². The van der Waals surface area contributed by atoms with Crippen LogP contribution in [0.25, 0.3) is 0 Å². The number of aryl methyl sites for hydroxylation is 1. The summed E-state index contributed by atoms with van der Waals surface area (Å²) in [6.07, 6.45) is 4.35. The fraction of sp³-hybridized carbons (Fsp3) is 0.688. The summed E-state index contributed by atoms with van der Waals surface area (Å²) in [5, 5.41) is 0. The number of aromatic amines is 2. The van der Waals surface area contributed by atoms with Crippen molar-refractivity contribution >= 4 is 5.91 Å². The largest absolute Gasteiger partial charge is 0.340 e. The van der Waals surface area contributed by atoms with Crippen LogP contribution in [-0.2, 0) is 11.2 Å². The summed E-state index contributed by atoms with van der Waals surface area (Å²) >= 11 is 0. The van der Waals surface area contributed by atoms with Gasteiger partial charge in [0.05, 0.1) is 0 Å². The Morgan fingerprint density at radius 2 is 2.00 bits per heavy atom. The Morgan fingerprint density at radius 3 is 2.78 bits per heavy atom. The Labute approximate surface area is 134 Å². The molecule has 3 heterocycles. The van der Waals surface area contributed by atoms with Crippen LogP contribution in [0.5, 0.6) is 0 Å². The van der Waals surface area contributed by atoms with Gasteiger partial charge in [-0.3, -0.25) is 19.5 Å². The van der Waals surface area contributed by atoms with Crippen LogP contribution in [0.4, 0.5) is 0 Å². The molecule has 2 N–H and O–H groups in total. The predicted molar refractivity (Wildman–Crippen MR) is 86.5 cm³/mol. The van der Waals surface area contributed by atoms with E-state index in [4.69, 9.17) is 0 Å². The molecule has 0 saturated carbocycles. The fourth-order valence-corrected chi connectivity index (χ4v) is 3.70. The number of hydrogen-bond acceptors (Lipinski definition) is 4. The monoisotopic (exact) mass is 320 g/mol. The molecule has 0 aliphatic carbocycles. The molecule has 2 fully saturated rings. The second-order valence-electron chi connectivity index (χ2n) is 6.54. The van der Waals surface area contributed by atoms with Gasteiger partial charge < -0.3 is 9.88 Å². The van der Waals surface area contributed by atoms with E-state index in [0.717, 1.165) is 26.2 Å². The van der Waals surface area contributed by atoms with Gasteiger partial charge in [0.15, 0.2) is 0 Å². The minimum Gasteiger partial charge on any atom is -0.340 e. The maximum absolute atomic E-state index is 12.5. The summed E-state index contributed by atoms with van der Waals surface area (Å²) in [4.78, 5) is 44.7. The average Bonchev–Trinajstić information content (AvgIpc) is 2.53. The van der Waals surface area contributed by atoms with Crippen LogP contribution in [0.15, 0.2) is 9.59 Å². The highest BCUT2D eigenvalue weighted by Gasteiger charge is 2.30. The van der Waals surface area contributed by atoms with Gasteiger partial charge in [-0.15, -0.1) is 0 Å². The third-order valence-electron chi connectivity index (χ3n) is 5.03. The smallest absolute Gasteiger partial charge is 0.325 e. The topological polar surface area (TPSA) is 89.3 Å². The van der Waals surface area contributed by atoms with Crippen molar-refractivity contribution in [3.63, 3.8) is 0 Å². The number of nitrogens with one attached hydrogen (secondary N) is 2. The van der Waals surface area contributed by atoms with Crippen LogP contribution in [0, 0.1) is 6.92 Å². The van der Waals surface area contributed by atoms with E-state index in [1.54, 1.807) is 6.92 Å². The van der Waals surface area contributed by atoms with Crippen LogP contribution in [-0.4, -0.2) is 57.9 Å². The van der Waals surface area contributed by atoms with E-state index in [1.807, 2.05) is 4.90 Å². The van der Waals surface area contributed by atoms with E-state index in [1.165, 1.54) is 19.3 Å². The molecule has 1 amide bonds. The van der Waals surface area contributed by atoms with E-state index in [2.05, 4.69) is 14.9 Å². The molecule has 2 saturated heterocycles. The SMILES string of the molecule is Cc1[nH]c(=O)[nH]c(=O)c1CCC(=O)N1CCN2CCCC[C@@H]2C1. The van der Waals surface area contributed by atoms with Crippen molar-refractivity contribution in [1.82, 2.24) is 19.8 Å². The second-order valence-corrected chi connectivity index (χ2v) is 6.54. The third kappa shape index (κ3) is 3.55. The van der Waals surface area contributed by atoms with Gasteiger partial charge in [-0.25, -0.2) is 4.79 Å². The van der Waals surface area contributed by atoms with Crippen molar-refractivity contribution in [2.75, 3.05) is 26.2 Å². The van der Waals surface area contributed by atoms with E-state index in [-0.39, 0.29) is 5.91 Å². The van der Waals surface area contributed by atoms with Gasteiger partial charge in [-0.2, -0.15) is 0 Å². The molecule has 0 unspecified atom stereocenters. The Hall–Kier alpha value is -1.89. The maximum Gasteiger partial charge on any atom is 0.325 e. The summed E-state index contributed by atoms with van der Waals surface area (Å²) in [5.41, 5.74) is 0.144. The first kappa shape index (κ1) is 16.0. The standard InChI is InChI=1S/C16H24N4O3/c1-11-13(15(22)18-16(23)17-11)5-6-14(21)20-9-8-19-7-3-2-4-12(19)10-20/h12H,2-10H2,1H3,(H2,17,18,22,23)/t12-/m1/s1. The molecule has 126 valence electrons. The molecular formula is C16H24N4O3. The Morgan fingerprint density at radius 1 is 1.17 bits per heavy atom. The number of amides is 1. The maximum atomic E-state index is 12.5. The fourth-order valence-electron chi connectivity index (χ4n) is 3.70. The zero-order valence-electron chi connectivity index (χ0n) is 13.6. The number of nitrogens with zero attached hydrogens (tertiary/aromatic N) is 2. The van der Waals surface area contributed by atoms with Gasteiger partial charge in [0.1, 0.15) is 0 Å². The molecule has 7 nitrogen and oxygen atoms in total. The Bertz CT molecular complexity index is 693. The summed E-state index contributed by atoms with van der Waals surface area (Å²) in [5.74, 6) is 0.0974. The minimum absolute atomic E-state index is 0.0974. The highest BCUT2D eigenvalue weighted by Crippen LogP contribution is 2.21. The van der Waals surface area contributed by atoms with Gasteiger partial charge >= 0.3 is 5.69 Å². The van der Waals surface area contributed by atoms with Crippen molar-refractivity contribution in [3.05, 3.63) is 32.1 Å². The molecule has 2 aliphatic rings. The lowest BCUT2D eigenvalue weighted by Gasteiger charge is -2.44. The van der Waals surface area contributed by atoms with Gasteiger partial charge in [0.2, 0.25) is 5.91 Å². The highest BCUT2D eigenvalue weighted by molar-refractivity contribution is 5.76. The molecule has 3 rings (SSSR count). The number of carbonyl (C=O) groups is 1. The van der Waals surface area contributed by atoms with Crippen LogP contribution in [0.3, 0.4) is 0 Å². The lowest BCUT2D eigenvalue weighted by Crippen LogP contribution is -2.56. The Kier molecular flexibility index (Phi) is 4.66. The number of piperazine rings is 1. The first-order valence-corrected chi connectivity index (χ1v) is 8.38. The van der Waals surface area contributed by atoms with Crippen molar-refractivity contribution in [2.24, 2.45) is 0 Å². The van der Waals surface area contributed by atoms with Crippen LogP contribution in [0.1, 0.15) is 36.9 Å². The molecule has 1 atom stereocenters. The van der Waals surface area contributed by atoms with Crippen LogP contribution < -0.4 is 11.2 Å². The zero-order chi connectivity index (χ0) is 16.4. The lowest BCUT2D eigenvalue weighted by molar-refractivity contribution is -0.134. The van der Waals surface area contributed by atoms with E-state index in [9.17, 15) is 14.4 Å². The normalized spacial score (nSPS) is 22.0. The van der Waals surface area contributed by atoms with Crippen molar-refractivity contribution in [3.8, 4) is 0 Å². The predicted octanol–water partition coefficient (Wildman–Crippen LogP) is 0.000920. The number of carbonyl (C=O) groups excluding carboxylic acids is 1. The summed E-state index contributed by atoms with van der Waals surface area (Å²) in [7, 11) is 0. The Balaban J connectivity index is 1.60. The average molecular weight is 320 g/mol. The zero-order valence-corrected chi connectivity index (χ0v) is 13.6. The molecule has 2 aliphatic heterocycles. The molecule has 1 aromatic rings. The molecular weight excluding hydrogens is 296 g/mol. The van der Waals surface area contributed by atoms with E-state index < -0.39 is 11.2 Å².